The number of imide groups is 1. The smallest absolute Gasteiger partial charge is 0.286 e. The number of aryl methyl sites for hydroxylation is 1. The standard InChI is InChI=1S/C21H19F3N2O3/c1-10-3-2-4-11(7-10)25(20(29)21(22,23)24)9-26-18(27)16-12-5-6-13(15-8-14(12)15)17(16)19(26)28/h2-7,12-17H,8-9H2,1H3/t12-,13-,14-,15+,16-,17-/m1/s1. The summed E-state index contributed by atoms with van der Waals surface area (Å²) in [5.41, 5.74) is 0.671. The lowest BCUT2D eigenvalue weighted by Crippen LogP contribution is -2.49. The molecule has 0 aromatic heterocycles. The summed E-state index contributed by atoms with van der Waals surface area (Å²) >= 11 is 0. The van der Waals surface area contributed by atoms with Crippen LogP contribution in [0.2, 0.25) is 0 Å². The maximum absolute atomic E-state index is 13.3. The summed E-state index contributed by atoms with van der Waals surface area (Å²) in [7, 11) is 0. The molecule has 0 unspecified atom stereocenters. The minimum absolute atomic E-state index is 0.00624. The predicted octanol–water partition coefficient (Wildman–Crippen LogP) is 2.90. The number of nitrogens with zero attached hydrogens (tertiary/aromatic N) is 2. The lowest BCUT2D eigenvalue weighted by Gasteiger charge is -2.37. The van der Waals surface area contributed by atoms with E-state index in [1.54, 1.807) is 13.0 Å². The highest BCUT2D eigenvalue weighted by Gasteiger charge is 2.67. The molecule has 1 aliphatic heterocycles. The number of likely N-dealkylation sites (tertiary alicyclic amines) is 1. The molecule has 5 aliphatic rings. The van der Waals surface area contributed by atoms with E-state index < -0.39 is 42.4 Å². The second-order valence-electron chi connectivity index (χ2n) is 8.47. The van der Waals surface area contributed by atoms with Gasteiger partial charge in [0.1, 0.15) is 6.67 Å². The van der Waals surface area contributed by atoms with Crippen molar-refractivity contribution in [2.75, 3.05) is 11.6 Å². The van der Waals surface area contributed by atoms with Gasteiger partial charge in [-0.15, -0.1) is 0 Å². The third-order valence-electron chi connectivity index (χ3n) is 6.84. The molecular formula is C21H19F3N2O3. The van der Waals surface area contributed by atoms with Gasteiger partial charge in [0.15, 0.2) is 0 Å². The number of halogens is 3. The highest BCUT2D eigenvalue weighted by atomic mass is 19.4. The van der Waals surface area contributed by atoms with Gasteiger partial charge in [-0.2, -0.15) is 13.2 Å². The van der Waals surface area contributed by atoms with Gasteiger partial charge in [-0.3, -0.25) is 24.2 Å². The van der Waals surface area contributed by atoms with Crippen LogP contribution in [0, 0.1) is 42.4 Å². The van der Waals surface area contributed by atoms with Crippen molar-refractivity contribution in [3.63, 3.8) is 0 Å². The fourth-order valence-corrected chi connectivity index (χ4v) is 5.51. The average Bonchev–Trinajstić information content (AvgIpc) is 3.44. The van der Waals surface area contributed by atoms with Crippen LogP contribution in [0.5, 0.6) is 0 Å². The third kappa shape index (κ3) is 2.64. The van der Waals surface area contributed by atoms with Crippen LogP contribution in [0.25, 0.3) is 0 Å². The summed E-state index contributed by atoms with van der Waals surface area (Å²) in [6.07, 6.45) is -0.135. The van der Waals surface area contributed by atoms with Gasteiger partial charge in [0.25, 0.3) is 0 Å². The van der Waals surface area contributed by atoms with Gasteiger partial charge >= 0.3 is 12.1 Å². The summed E-state index contributed by atoms with van der Waals surface area (Å²) in [5, 5.41) is 0. The van der Waals surface area contributed by atoms with Crippen molar-refractivity contribution in [1.29, 1.82) is 0 Å². The molecule has 1 aromatic carbocycles. The van der Waals surface area contributed by atoms with Crippen LogP contribution in [0.1, 0.15) is 12.0 Å². The molecule has 0 N–H and O–H groups in total. The summed E-state index contributed by atoms with van der Waals surface area (Å²) in [4.78, 5) is 39.6. The largest absolute Gasteiger partial charge is 0.471 e. The Hall–Kier alpha value is -2.64. The van der Waals surface area contributed by atoms with Crippen molar-refractivity contribution in [3.05, 3.63) is 42.0 Å². The van der Waals surface area contributed by atoms with Crippen LogP contribution in [-0.2, 0) is 14.4 Å². The fraction of sp³-hybridized carbons (Fsp3) is 0.476. The van der Waals surface area contributed by atoms with Crippen molar-refractivity contribution in [2.45, 2.75) is 19.5 Å². The summed E-state index contributed by atoms with van der Waals surface area (Å²) < 4.78 is 39.8. The highest BCUT2D eigenvalue weighted by molar-refractivity contribution is 6.07. The number of hydrogen-bond donors (Lipinski definition) is 0. The molecule has 8 heteroatoms. The van der Waals surface area contributed by atoms with Crippen molar-refractivity contribution in [3.8, 4) is 0 Å². The zero-order chi connectivity index (χ0) is 20.7. The topological polar surface area (TPSA) is 57.7 Å². The maximum atomic E-state index is 13.3. The minimum Gasteiger partial charge on any atom is -0.286 e. The van der Waals surface area contributed by atoms with Crippen LogP contribution in [0.4, 0.5) is 18.9 Å². The van der Waals surface area contributed by atoms with Gasteiger partial charge in [-0.1, -0.05) is 24.3 Å². The Labute approximate surface area is 165 Å². The highest BCUT2D eigenvalue weighted by Crippen LogP contribution is 2.65. The third-order valence-corrected chi connectivity index (χ3v) is 6.84. The number of carbonyl (C=O) groups excluding carboxylic acids is 3. The number of carbonyl (C=O) groups is 3. The summed E-state index contributed by atoms with van der Waals surface area (Å²) in [6, 6.07) is 6.03. The Kier molecular flexibility index (Phi) is 3.76. The molecular weight excluding hydrogens is 385 g/mol. The number of allylic oxidation sites excluding steroid dienone is 2. The van der Waals surface area contributed by atoms with E-state index in [1.807, 2.05) is 12.2 Å². The minimum atomic E-state index is -5.12. The van der Waals surface area contributed by atoms with Crippen LogP contribution in [0.15, 0.2) is 36.4 Å². The zero-order valence-electron chi connectivity index (χ0n) is 15.6. The summed E-state index contributed by atoms with van der Waals surface area (Å²) in [6.45, 7) is 0.970. The predicted molar refractivity (Wildman–Crippen MR) is 96.1 cm³/mol. The van der Waals surface area contributed by atoms with E-state index in [-0.39, 0.29) is 17.5 Å². The Morgan fingerprint density at radius 1 is 1.10 bits per heavy atom. The number of alkyl halides is 3. The SMILES string of the molecule is Cc1cccc(N(CN2C(=O)[C@@H]3[C@@H]4C=C[C@H]([C@@H]5C[C@H]45)[C@H]3C2=O)C(=O)C(F)(F)F)c1. The first-order chi connectivity index (χ1) is 13.7. The number of hydrogen-bond acceptors (Lipinski definition) is 3. The van der Waals surface area contributed by atoms with Crippen molar-refractivity contribution < 1.29 is 27.6 Å². The molecule has 5 nitrogen and oxygen atoms in total. The second kappa shape index (κ2) is 5.93. The lowest BCUT2D eigenvalue weighted by molar-refractivity contribution is -0.171. The van der Waals surface area contributed by atoms with Gasteiger partial charge in [0.2, 0.25) is 11.8 Å². The van der Waals surface area contributed by atoms with E-state index >= 15 is 0 Å². The van der Waals surface area contributed by atoms with Crippen molar-refractivity contribution in [2.24, 2.45) is 35.5 Å². The Balaban J connectivity index is 1.47. The lowest BCUT2D eigenvalue weighted by atomic mass is 9.63. The molecule has 1 aromatic rings. The van der Waals surface area contributed by atoms with Gasteiger partial charge < -0.3 is 0 Å². The van der Waals surface area contributed by atoms with E-state index in [4.69, 9.17) is 0 Å². The first-order valence-electron chi connectivity index (χ1n) is 9.67. The molecule has 6 atom stereocenters. The van der Waals surface area contributed by atoms with Crippen LogP contribution < -0.4 is 4.90 Å². The Bertz CT molecular complexity index is 921. The molecule has 1 heterocycles. The fourth-order valence-electron chi connectivity index (χ4n) is 5.51. The monoisotopic (exact) mass is 404 g/mol. The van der Waals surface area contributed by atoms with Gasteiger partial charge in [-0.25, -0.2) is 0 Å². The molecule has 3 fully saturated rings. The molecule has 0 spiro atoms. The zero-order valence-corrected chi connectivity index (χ0v) is 15.6. The maximum Gasteiger partial charge on any atom is 0.471 e. The number of rotatable bonds is 3. The molecule has 3 amide bonds. The van der Waals surface area contributed by atoms with Gasteiger partial charge in [-0.05, 0) is 54.7 Å². The summed E-state index contributed by atoms with van der Waals surface area (Å²) in [5.74, 6) is -3.30. The second-order valence-corrected chi connectivity index (χ2v) is 8.47. The first kappa shape index (κ1) is 18.4. The molecule has 0 radical (unpaired) electrons. The van der Waals surface area contributed by atoms with Crippen LogP contribution in [0.3, 0.4) is 0 Å². The van der Waals surface area contributed by atoms with Gasteiger partial charge in [0, 0.05) is 5.69 Å². The molecule has 152 valence electrons. The normalized spacial score (nSPS) is 34.3. The van der Waals surface area contributed by atoms with Gasteiger partial charge in [0.05, 0.1) is 11.8 Å². The molecule has 4 aliphatic carbocycles. The van der Waals surface area contributed by atoms with Crippen LogP contribution in [-0.4, -0.2) is 35.5 Å². The quantitative estimate of drug-likeness (QED) is 0.575. The molecule has 29 heavy (non-hydrogen) atoms. The molecule has 2 bridgehead atoms. The van der Waals surface area contributed by atoms with E-state index in [0.29, 0.717) is 22.3 Å². The Morgan fingerprint density at radius 3 is 2.21 bits per heavy atom. The van der Waals surface area contributed by atoms with E-state index in [1.165, 1.54) is 18.2 Å². The number of benzene rings is 1. The molecule has 6 rings (SSSR count). The van der Waals surface area contributed by atoms with E-state index in [0.717, 1.165) is 11.3 Å². The molecule has 1 saturated heterocycles. The average molecular weight is 404 g/mol. The first-order valence-corrected chi connectivity index (χ1v) is 9.67. The molecule has 2 saturated carbocycles. The number of amides is 3. The number of anilines is 1. The van der Waals surface area contributed by atoms with Crippen molar-refractivity contribution in [1.82, 2.24) is 4.90 Å². The van der Waals surface area contributed by atoms with E-state index in [2.05, 4.69) is 0 Å². The Morgan fingerprint density at radius 2 is 1.69 bits per heavy atom. The van der Waals surface area contributed by atoms with Crippen molar-refractivity contribution >= 4 is 23.4 Å². The van der Waals surface area contributed by atoms with E-state index in [9.17, 15) is 27.6 Å². The van der Waals surface area contributed by atoms with Crippen LogP contribution >= 0.6 is 0 Å².